The summed E-state index contributed by atoms with van der Waals surface area (Å²) in [6.45, 7) is 0.908. The molecule has 2 aromatic rings. The van der Waals surface area contributed by atoms with Gasteiger partial charge in [-0.1, -0.05) is 54.1 Å². The van der Waals surface area contributed by atoms with Gasteiger partial charge in [0, 0.05) is 17.6 Å². The molecule has 27 heavy (non-hydrogen) atoms. The fourth-order valence-electron chi connectivity index (χ4n) is 3.41. The van der Waals surface area contributed by atoms with Crippen LogP contribution < -0.4 is 10.6 Å². The summed E-state index contributed by atoms with van der Waals surface area (Å²) >= 11 is 6.00. The molecule has 144 valence electrons. The van der Waals surface area contributed by atoms with Crippen LogP contribution in [0.25, 0.3) is 0 Å². The van der Waals surface area contributed by atoms with Crippen LogP contribution in [0.15, 0.2) is 54.6 Å². The highest BCUT2D eigenvalue weighted by molar-refractivity contribution is 6.30. The van der Waals surface area contributed by atoms with Crippen molar-refractivity contribution in [2.45, 2.75) is 24.9 Å². The Balaban J connectivity index is 1.53. The van der Waals surface area contributed by atoms with Crippen LogP contribution in [0.5, 0.6) is 0 Å². The predicted molar refractivity (Wildman–Crippen MR) is 111 cm³/mol. The Morgan fingerprint density at radius 2 is 1.74 bits per heavy atom. The van der Waals surface area contributed by atoms with Crippen molar-refractivity contribution in [2.75, 3.05) is 27.2 Å². The van der Waals surface area contributed by atoms with E-state index in [1.807, 2.05) is 56.6 Å². The highest BCUT2D eigenvalue weighted by Gasteiger charge is 2.32. The van der Waals surface area contributed by atoms with Crippen molar-refractivity contribution in [2.24, 2.45) is 5.92 Å². The second-order valence-corrected chi connectivity index (χ2v) is 7.88. The van der Waals surface area contributed by atoms with Gasteiger partial charge >= 0.3 is 0 Å². The predicted octanol–water partition coefficient (Wildman–Crippen LogP) is 3.80. The van der Waals surface area contributed by atoms with Crippen LogP contribution in [0.2, 0.25) is 5.02 Å². The Morgan fingerprint density at radius 1 is 1.07 bits per heavy atom. The van der Waals surface area contributed by atoms with Gasteiger partial charge in [0.25, 0.3) is 0 Å². The summed E-state index contributed by atoms with van der Waals surface area (Å²) in [5.41, 5.74) is 2.40. The van der Waals surface area contributed by atoms with E-state index in [2.05, 4.69) is 27.7 Å². The third kappa shape index (κ3) is 5.80. The van der Waals surface area contributed by atoms with E-state index in [9.17, 15) is 4.79 Å². The number of nitrogens with zero attached hydrogens (tertiary/aromatic N) is 1. The topological polar surface area (TPSA) is 44.4 Å². The monoisotopic (exact) mass is 385 g/mol. The van der Waals surface area contributed by atoms with E-state index in [-0.39, 0.29) is 18.0 Å². The maximum absolute atomic E-state index is 12.4. The SMILES string of the molecule is CN(C)C(CNC(=O)CNC(c1ccc(Cl)cc1)C1CC1)c1ccccc1. The van der Waals surface area contributed by atoms with E-state index in [0.717, 1.165) is 5.02 Å². The third-order valence-corrected chi connectivity index (χ3v) is 5.36. The standard InChI is InChI=1S/C22H28ClN3O/c1-26(2)20(16-6-4-3-5-7-16)14-24-21(27)15-25-22(17-8-9-17)18-10-12-19(23)13-11-18/h3-7,10-13,17,20,22,25H,8-9,14-15H2,1-2H3,(H,24,27). The van der Waals surface area contributed by atoms with E-state index < -0.39 is 0 Å². The molecule has 1 aliphatic carbocycles. The van der Waals surface area contributed by atoms with Gasteiger partial charge in [0.05, 0.1) is 12.6 Å². The van der Waals surface area contributed by atoms with Crippen LogP contribution in [0.4, 0.5) is 0 Å². The highest BCUT2D eigenvalue weighted by Crippen LogP contribution is 2.41. The van der Waals surface area contributed by atoms with Gasteiger partial charge < -0.3 is 15.5 Å². The highest BCUT2D eigenvalue weighted by atomic mass is 35.5. The minimum atomic E-state index is 0.0254. The van der Waals surface area contributed by atoms with E-state index in [1.54, 1.807) is 0 Å². The van der Waals surface area contributed by atoms with Gasteiger partial charge in [-0.3, -0.25) is 4.79 Å². The first-order valence-electron chi connectivity index (χ1n) is 9.51. The van der Waals surface area contributed by atoms with Crippen molar-refractivity contribution in [3.63, 3.8) is 0 Å². The normalized spacial score (nSPS) is 16.1. The number of hydrogen-bond donors (Lipinski definition) is 2. The number of carbonyl (C=O) groups is 1. The van der Waals surface area contributed by atoms with Gasteiger partial charge in [0.15, 0.2) is 0 Å². The molecule has 4 nitrogen and oxygen atoms in total. The maximum Gasteiger partial charge on any atom is 0.234 e. The summed E-state index contributed by atoms with van der Waals surface area (Å²) in [6.07, 6.45) is 2.41. The summed E-state index contributed by atoms with van der Waals surface area (Å²) in [5, 5.41) is 7.25. The molecule has 0 aromatic heterocycles. The molecule has 3 rings (SSSR count). The first kappa shape index (κ1) is 19.9. The molecule has 0 aliphatic heterocycles. The molecule has 1 amide bonds. The number of nitrogens with one attached hydrogen (secondary N) is 2. The fourth-order valence-corrected chi connectivity index (χ4v) is 3.53. The summed E-state index contributed by atoms with van der Waals surface area (Å²) in [5.74, 6) is 0.634. The minimum Gasteiger partial charge on any atom is -0.353 e. The largest absolute Gasteiger partial charge is 0.353 e. The Kier molecular flexibility index (Phi) is 6.89. The van der Waals surface area contributed by atoms with Gasteiger partial charge in [-0.15, -0.1) is 0 Å². The summed E-state index contributed by atoms with van der Waals surface area (Å²) in [6, 6.07) is 18.6. The number of halogens is 1. The van der Waals surface area contributed by atoms with Crippen molar-refractivity contribution in [3.8, 4) is 0 Å². The van der Waals surface area contributed by atoms with Crippen molar-refractivity contribution in [3.05, 3.63) is 70.7 Å². The van der Waals surface area contributed by atoms with Crippen molar-refractivity contribution >= 4 is 17.5 Å². The molecule has 0 heterocycles. The average Bonchev–Trinajstić information content (AvgIpc) is 3.49. The van der Waals surface area contributed by atoms with Gasteiger partial charge in [-0.05, 0) is 56.1 Å². The molecule has 0 bridgehead atoms. The van der Waals surface area contributed by atoms with E-state index in [4.69, 9.17) is 11.6 Å². The van der Waals surface area contributed by atoms with Crippen LogP contribution in [-0.4, -0.2) is 38.0 Å². The van der Waals surface area contributed by atoms with E-state index in [0.29, 0.717) is 19.0 Å². The minimum absolute atomic E-state index is 0.0254. The molecule has 2 atom stereocenters. The lowest BCUT2D eigenvalue weighted by Crippen LogP contribution is -2.40. The Hall–Kier alpha value is -1.88. The Morgan fingerprint density at radius 3 is 2.33 bits per heavy atom. The number of amides is 1. The zero-order valence-corrected chi connectivity index (χ0v) is 16.7. The fraction of sp³-hybridized carbons (Fsp3) is 0.409. The van der Waals surface area contributed by atoms with Crippen LogP contribution >= 0.6 is 11.6 Å². The third-order valence-electron chi connectivity index (χ3n) is 5.11. The zero-order valence-electron chi connectivity index (χ0n) is 16.0. The molecular weight excluding hydrogens is 358 g/mol. The van der Waals surface area contributed by atoms with Gasteiger partial charge in [-0.2, -0.15) is 0 Å². The molecule has 0 saturated heterocycles. The van der Waals surface area contributed by atoms with Crippen LogP contribution in [-0.2, 0) is 4.79 Å². The van der Waals surface area contributed by atoms with Crippen molar-refractivity contribution in [1.29, 1.82) is 0 Å². The molecule has 0 spiro atoms. The smallest absolute Gasteiger partial charge is 0.234 e. The Bertz CT molecular complexity index is 729. The number of hydrogen-bond acceptors (Lipinski definition) is 3. The zero-order chi connectivity index (χ0) is 19.2. The second kappa shape index (κ2) is 9.36. The molecule has 1 fully saturated rings. The first-order valence-corrected chi connectivity index (χ1v) is 9.89. The molecule has 5 heteroatoms. The Labute approximate surface area is 166 Å². The van der Waals surface area contributed by atoms with E-state index in [1.165, 1.54) is 24.0 Å². The molecule has 2 aromatic carbocycles. The lowest BCUT2D eigenvalue weighted by Gasteiger charge is -2.25. The number of likely N-dealkylation sites (N-methyl/N-ethyl adjacent to an activating group) is 1. The summed E-state index contributed by atoms with van der Waals surface area (Å²) in [4.78, 5) is 14.5. The first-order chi connectivity index (χ1) is 13.0. The van der Waals surface area contributed by atoms with Gasteiger partial charge in [0.2, 0.25) is 5.91 Å². The van der Waals surface area contributed by atoms with Gasteiger partial charge in [-0.25, -0.2) is 0 Å². The molecule has 1 saturated carbocycles. The summed E-state index contributed by atoms with van der Waals surface area (Å²) < 4.78 is 0. The molecule has 0 radical (unpaired) electrons. The molecule has 1 aliphatic rings. The number of carbonyl (C=O) groups excluding carboxylic acids is 1. The van der Waals surface area contributed by atoms with Gasteiger partial charge in [0.1, 0.15) is 0 Å². The number of rotatable bonds is 9. The van der Waals surface area contributed by atoms with Crippen molar-refractivity contribution in [1.82, 2.24) is 15.5 Å². The average molecular weight is 386 g/mol. The molecule has 2 unspecified atom stereocenters. The van der Waals surface area contributed by atoms with Crippen LogP contribution in [0, 0.1) is 5.92 Å². The second-order valence-electron chi connectivity index (χ2n) is 7.44. The van der Waals surface area contributed by atoms with Crippen molar-refractivity contribution < 1.29 is 4.79 Å². The lowest BCUT2D eigenvalue weighted by atomic mass is 10.0. The summed E-state index contributed by atoms with van der Waals surface area (Å²) in [7, 11) is 4.07. The lowest BCUT2D eigenvalue weighted by molar-refractivity contribution is -0.120. The van der Waals surface area contributed by atoms with Crippen LogP contribution in [0.1, 0.15) is 36.1 Å². The maximum atomic E-state index is 12.4. The van der Waals surface area contributed by atoms with E-state index >= 15 is 0 Å². The van der Waals surface area contributed by atoms with Crippen LogP contribution in [0.3, 0.4) is 0 Å². The molecular formula is C22H28ClN3O. The quantitative estimate of drug-likeness (QED) is 0.690. The molecule has 2 N–H and O–H groups in total. The number of benzene rings is 2.